The van der Waals surface area contributed by atoms with E-state index in [-0.39, 0.29) is 23.2 Å². The van der Waals surface area contributed by atoms with Crippen molar-refractivity contribution < 1.29 is 17.7 Å². The number of carbonyl (C=O) groups is 1. The zero-order chi connectivity index (χ0) is 18.6. The highest BCUT2D eigenvalue weighted by Gasteiger charge is 2.17. The molecule has 0 aliphatic carbocycles. The number of pyridine rings is 1. The highest BCUT2D eigenvalue weighted by Crippen LogP contribution is 2.16. The van der Waals surface area contributed by atoms with Gasteiger partial charge in [-0.3, -0.25) is 14.5 Å². The number of nitrogens with one attached hydrogen (secondary N) is 2. The molecule has 3 rings (SSSR count). The van der Waals surface area contributed by atoms with Gasteiger partial charge in [-0.05, 0) is 43.3 Å². The van der Waals surface area contributed by atoms with E-state index in [0.29, 0.717) is 11.3 Å². The first kappa shape index (κ1) is 17.6. The normalized spacial score (nSPS) is 11.1. The molecule has 2 aromatic heterocycles. The SMILES string of the molecule is Cc1cc(NS(=O)(=O)c2ccc(C(=O)NCc3ccccn3)cc2)no1. The van der Waals surface area contributed by atoms with E-state index in [1.165, 1.54) is 30.3 Å². The van der Waals surface area contributed by atoms with Gasteiger partial charge >= 0.3 is 0 Å². The second-order valence-corrected chi connectivity index (χ2v) is 7.14. The Balaban J connectivity index is 1.66. The van der Waals surface area contributed by atoms with Gasteiger partial charge in [0.15, 0.2) is 5.82 Å². The summed E-state index contributed by atoms with van der Waals surface area (Å²) in [5, 5.41) is 6.32. The third kappa shape index (κ3) is 4.25. The molecule has 2 heterocycles. The average molecular weight is 372 g/mol. The Kier molecular flexibility index (Phi) is 4.99. The minimum absolute atomic E-state index is 0.0134. The summed E-state index contributed by atoms with van der Waals surface area (Å²) in [6.45, 7) is 1.94. The Morgan fingerprint density at radius 1 is 1.15 bits per heavy atom. The van der Waals surface area contributed by atoms with Gasteiger partial charge in [-0.1, -0.05) is 11.2 Å². The van der Waals surface area contributed by atoms with Gasteiger partial charge in [-0.25, -0.2) is 8.42 Å². The van der Waals surface area contributed by atoms with Gasteiger partial charge in [-0.15, -0.1) is 0 Å². The maximum absolute atomic E-state index is 12.3. The second kappa shape index (κ2) is 7.36. The number of benzene rings is 1. The molecule has 8 nitrogen and oxygen atoms in total. The number of sulfonamides is 1. The minimum Gasteiger partial charge on any atom is -0.360 e. The van der Waals surface area contributed by atoms with Crippen molar-refractivity contribution in [1.82, 2.24) is 15.5 Å². The molecule has 0 saturated carbocycles. The highest BCUT2D eigenvalue weighted by atomic mass is 32.2. The smallest absolute Gasteiger partial charge is 0.263 e. The van der Waals surface area contributed by atoms with Crippen LogP contribution in [0.2, 0.25) is 0 Å². The number of anilines is 1. The van der Waals surface area contributed by atoms with Gasteiger partial charge in [0.2, 0.25) is 0 Å². The highest BCUT2D eigenvalue weighted by molar-refractivity contribution is 7.92. The van der Waals surface area contributed by atoms with Crippen molar-refractivity contribution in [3.05, 3.63) is 71.7 Å². The standard InChI is InChI=1S/C17H16N4O4S/c1-12-10-16(20-25-12)21-26(23,24)15-7-5-13(6-8-15)17(22)19-11-14-4-2-3-9-18-14/h2-10H,11H2,1H3,(H,19,22)(H,20,21). The number of aromatic nitrogens is 2. The Labute approximate surface area is 150 Å². The number of nitrogens with zero attached hydrogens (tertiary/aromatic N) is 2. The van der Waals surface area contributed by atoms with Gasteiger partial charge in [0.25, 0.3) is 15.9 Å². The van der Waals surface area contributed by atoms with E-state index in [9.17, 15) is 13.2 Å². The first-order chi connectivity index (χ1) is 12.4. The van der Waals surface area contributed by atoms with Gasteiger partial charge in [0, 0.05) is 17.8 Å². The summed E-state index contributed by atoms with van der Waals surface area (Å²) in [6.07, 6.45) is 1.64. The van der Waals surface area contributed by atoms with E-state index in [1.807, 2.05) is 6.07 Å². The van der Waals surface area contributed by atoms with Crippen LogP contribution in [0.15, 0.2) is 64.1 Å². The van der Waals surface area contributed by atoms with Crippen molar-refractivity contribution in [2.24, 2.45) is 0 Å². The fraction of sp³-hybridized carbons (Fsp3) is 0.118. The number of hydrogen-bond acceptors (Lipinski definition) is 6. The van der Waals surface area contributed by atoms with Gasteiger partial charge < -0.3 is 9.84 Å². The zero-order valence-corrected chi connectivity index (χ0v) is 14.7. The number of rotatable bonds is 6. The predicted octanol–water partition coefficient (Wildman–Crippen LogP) is 2.11. The van der Waals surface area contributed by atoms with Crippen molar-refractivity contribution in [3.8, 4) is 0 Å². The van der Waals surface area contributed by atoms with Gasteiger partial charge in [0.1, 0.15) is 5.76 Å². The lowest BCUT2D eigenvalue weighted by atomic mass is 10.2. The molecule has 0 unspecified atom stereocenters. The van der Waals surface area contributed by atoms with Crippen molar-refractivity contribution in [2.45, 2.75) is 18.4 Å². The van der Waals surface area contributed by atoms with Crippen LogP contribution >= 0.6 is 0 Å². The van der Waals surface area contributed by atoms with E-state index >= 15 is 0 Å². The van der Waals surface area contributed by atoms with Crippen LogP contribution < -0.4 is 10.0 Å². The summed E-state index contributed by atoms with van der Waals surface area (Å²) in [5.74, 6) is 0.266. The summed E-state index contributed by atoms with van der Waals surface area (Å²) in [7, 11) is -3.81. The van der Waals surface area contributed by atoms with Crippen LogP contribution in [0.1, 0.15) is 21.8 Å². The molecule has 9 heteroatoms. The maximum atomic E-state index is 12.3. The summed E-state index contributed by atoms with van der Waals surface area (Å²) in [6, 6.07) is 12.5. The first-order valence-electron chi connectivity index (χ1n) is 7.68. The summed E-state index contributed by atoms with van der Waals surface area (Å²) in [4.78, 5) is 16.3. The lowest BCUT2D eigenvalue weighted by molar-refractivity contribution is 0.0950. The van der Waals surface area contributed by atoms with Crippen molar-refractivity contribution in [3.63, 3.8) is 0 Å². The number of aryl methyl sites for hydroxylation is 1. The molecule has 0 radical (unpaired) electrons. The van der Waals surface area contributed by atoms with Crippen LogP contribution in [-0.4, -0.2) is 24.5 Å². The van der Waals surface area contributed by atoms with Crippen molar-refractivity contribution in [2.75, 3.05) is 4.72 Å². The molecule has 0 atom stereocenters. The van der Waals surface area contributed by atoms with Crippen LogP contribution in [0, 0.1) is 6.92 Å². The number of amides is 1. The van der Waals surface area contributed by atoms with Crippen LogP contribution in [0.3, 0.4) is 0 Å². The quantitative estimate of drug-likeness (QED) is 0.685. The summed E-state index contributed by atoms with van der Waals surface area (Å²) < 4.78 is 31.7. The van der Waals surface area contributed by atoms with Crippen LogP contribution in [0.5, 0.6) is 0 Å². The minimum atomic E-state index is -3.81. The maximum Gasteiger partial charge on any atom is 0.263 e. The monoisotopic (exact) mass is 372 g/mol. The predicted molar refractivity (Wildman–Crippen MR) is 93.9 cm³/mol. The largest absolute Gasteiger partial charge is 0.360 e. The van der Waals surface area contributed by atoms with E-state index in [2.05, 4.69) is 20.2 Å². The van der Waals surface area contributed by atoms with Crippen LogP contribution in [0.25, 0.3) is 0 Å². The molecular formula is C17H16N4O4S. The Hall–Kier alpha value is -3.20. The fourth-order valence-corrected chi connectivity index (χ4v) is 3.16. The molecule has 134 valence electrons. The molecule has 26 heavy (non-hydrogen) atoms. The zero-order valence-electron chi connectivity index (χ0n) is 13.8. The third-order valence-corrected chi connectivity index (χ3v) is 4.82. The Morgan fingerprint density at radius 2 is 1.92 bits per heavy atom. The molecule has 0 fully saturated rings. The van der Waals surface area contributed by atoms with Crippen molar-refractivity contribution >= 4 is 21.7 Å². The topological polar surface area (TPSA) is 114 Å². The molecule has 0 aliphatic rings. The van der Waals surface area contributed by atoms with Crippen LogP contribution in [0.4, 0.5) is 5.82 Å². The average Bonchev–Trinajstić information content (AvgIpc) is 3.04. The molecule has 0 spiro atoms. The molecule has 0 bridgehead atoms. The molecule has 1 aromatic carbocycles. The first-order valence-corrected chi connectivity index (χ1v) is 9.17. The summed E-state index contributed by atoms with van der Waals surface area (Å²) in [5.41, 5.74) is 1.07. The second-order valence-electron chi connectivity index (χ2n) is 5.46. The molecule has 2 N–H and O–H groups in total. The molecule has 0 aliphatic heterocycles. The van der Waals surface area contributed by atoms with E-state index < -0.39 is 10.0 Å². The molecule has 1 amide bonds. The molecule has 3 aromatic rings. The van der Waals surface area contributed by atoms with Crippen molar-refractivity contribution in [1.29, 1.82) is 0 Å². The van der Waals surface area contributed by atoms with E-state index in [4.69, 9.17) is 4.52 Å². The fourth-order valence-electron chi connectivity index (χ4n) is 2.17. The Bertz CT molecular complexity index is 999. The van der Waals surface area contributed by atoms with Gasteiger partial charge in [-0.2, -0.15) is 0 Å². The van der Waals surface area contributed by atoms with Crippen LogP contribution in [-0.2, 0) is 16.6 Å². The molecular weight excluding hydrogens is 356 g/mol. The number of hydrogen-bond donors (Lipinski definition) is 2. The summed E-state index contributed by atoms with van der Waals surface area (Å²) >= 11 is 0. The van der Waals surface area contributed by atoms with E-state index in [0.717, 1.165) is 5.69 Å². The third-order valence-electron chi connectivity index (χ3n) is 3.45. The lowest BCUT2D eigenvalue weighted by Crippen LogP contribution is -2.23. The van der Waals surface area contributed by atoms with E-state index in [1.54, 1.807) is 25.3 Å². The lowest BCUT2D eigenvalue weighted by Gasteiger charge is -2.07. The Morgan fingerprint density at radius 3 is 2.54 bits per heavy atom. The van der Waals surface area contributed by atoms with Gasteiger partial charge in [0.05, 0.1) is 17.1 Å². The molecule has 0 saturated heterocycles. The number of carbonyl (C=O) groups excluding carboxylic acids is 1.